The lowest BCUT2D eigenvalue weighted by atomic mass is 9.96. The Morgan fingerprint density at radius 2 is 2.18 bits per heavy atom. The molecule has 0 spiro atoms. The van der Waals surface area contributed by atoms with Gasteiger partial charge in [0.1, 0.15) is 0 Å². The lowest BCUT2D eigenvalue weighted by Crippen LogP contribution is -2.43. The highest BCUT2D eigenvalue weighted by Crippen LogP contribution is 2.17. The van der Waals surface area contributed by atoms with E-state index in [0.29, 0.717) is 6.04 Å². The Hall–Kier alpha value is -0.610. The topological polar surface area (TPSA) is 24.1 Å². The molecule has 1 aromatic heterocycles. The van der Waals surface area contributed by atoms with Crippen LogP contribution in [0.4, 0.5) is 0 Å². The second-order valence-corrected chi connectivity index (χ2v) is 5.81. The minimum Gasteiger partial charge on any atom is -0.362 e. The summed E-state index contributed by atoms with van der Waals surface area (Å²) in [4.78, 5) is 0. The Morgan fingerprint density at radius 3 is 2.88 bits per heavy atom. The van der Waals surface area contributed by atoms with Gasteiger partial charge in [-0.05, 0) is 53.9 Å². The van der Waals surface area contributed by atoms with Gasteiger partial charge in [-0.25, -0.2) is 0 Å². The first-order chi connectivity index (χ1) is 8.34. The summed E-state index contributed by atoms with van der Waals surface area (Å²) in [5.41, 5.74) is 1.39. The van der Waals surface area contributed by atoms with E-state index in [0.717, 1.165) is 18.1 Å². The molecular weight excluding hydrogens is 248 g/mol. The molecular formula is C13H20N2S2. The van der Waals surface area contributed by atoms with Crippen molar-refractivity contribution in [2.45, 2.75) is 44.6 Å². The second kappa shape index (κ2) is 6.97. The minimum atomic E-state index is 0.602. The van der Waals surface area contributed by atoms with Crippen molar-refractivity contribution < 1.29 is 0 Å². The average Bonchev–Trinajstić information content (AvgIpc) is 2.83. The van der Waals surface area contributed by atoms with Crippen LogP contribution in [0.2, 0.25) is 0 Å². The van der Waals surface area contributed by atoms with Crippen molar-refractivity contribution in [1.29, 1.82) is 0 Å². The fraction of sp³-hybridized carbons (Fsp3) is 0.615. The van der Waals surface area contributed by atoms with Crippen LogP contribution in [0, 0.1) is 0 Å². The SMILES string of the molecule is S=C(NCCc1ccsc1)NC1CCCCC1. The van der Waals surface area contributed by atoms with Crippen LogP contribution in [-0.4, -0.2) is 17.7 Å². The summed E-state index contributed by atoms with van der Waals surface area (Å²) < 4.78 is 0. The van der Waals surface area contributed by atoms with Gasteiger partial charge in [0, 0.05) is 12.6 Å². The number of rotatable bonds is 4. The van der Waals surface area contributed by atoms with Crippen LogP contribution in [0.1, 0.15) is 37.7 Å². The first-order valence-electron chi connectivity index (χ1n) is 6.40. The summed E-state index contributed by atoms with van der Waals surface area (Å²) in [5, 5.41) is 11.9. The van der Waals surface area contributed by atoms with Crippen molar-refractivity contribution in [2.24, 2.45) is 0 Å². The predicted octanol–water partition coefficient (Wildman–Crippen LogP) is 3.09. The maximum absolute atomic E-state index is 5.31. The summed E-state index contributed by atoms with van der Waals surface area (Å²) in [6.07, 6.45) is 7.66. The molecule has 1 aliphatic rings. The highest BCUT2D eigenvalue weighted by molar-refractivity contribution is 7.80. The molecule has 1 fully saturated rings. The van der Waals surface area contributed by atoms with Gasteiger partial charge in [0.25, 0.3) is 0 Å². The van der Waals surface area contributed by atoms with Gasteiger partial charge in [-0.3, -0.25) is 0 Å². The predicted molar refractivity (Wildman–Crippen MR) is 78.6 cm³/mol. The van der Waals surface area contributed by atoms with Gasteiger partial charge in [-0.1, -0.05) is 19.3 Å². The first kappa shape index (κ1) is 12.8. The quantitative estimate of drug-likeness (QED) is 0.821. The van der Waals surface area contributed by atoms with Crippen LogP contribution in [-0.2, 0) is 6.42 Å². The summed E-state index contributed by atoms with van der Waals surface area (Å²) in [6.45, 7) is 0.926. The lowest BCUT2D eigenvalue weighted by molar-refractivity contribution is 0.412. The van der Waals surface area contributed by atoms with E-state index in [1.165, 1.54) is 37.7 Å². The molecule has 1 aliphatic carbocycles. The Kier molecular flexibility index (Phi) is 5.26. The van der Waals surface area contributed by atoms with Crippen molar-refractivity contribution in [1.82, 2.24) is 10.6 Å². The van der Waals surface area contributed by atoms with Crippen molar-refractivity contribution in [3.05, 3.63) is 22.4 Å². The number of nitrogens with one attached hydrogen (secondary N) is 2. The molecule has 1 saturated carbocycles. The van der Waals surface area contributed by atoms with E-state index in [4.69, 9.17) is 12.2 Å². The normalized spacial score (nSPS) is 16.7. The third-order valence-corrected chi connectivity index (χ3v) is 4.21. The van der Waals surface area contributed by atoms with Crippen LogP contribution in [0.3, 0.4) is 0 Å². The highest BCUT2D eigenvalue weighted by atomic mass is 32.1. The fourth-order valence-electron chi connectivity index (χ4n) is 2.24. The average molecular weight is 268 g/mol. The van der Waals surface area contributed by atoms with Gasteiger partial charge < -0.3 is 10.6 Å². The molecule has 2 N–H and O–H groups in total. The van der Waals surface area contributed by atoms with Gasteiger partial charge in [-0.2, -0.15) is 11.3 Å². The molecule has 94 valence electrons. The van der Waals surface area contributed by atoms with Gasteiger partial charge in [-0.15, -0.1) is 0 Å². The summed E-state index contributed by atoms with van der Waals surface area (Å²) in [5.74, 6) is 0. The smallest absolute Gasteiger partial charge is 0.166 e. The molecule has 0 radical (unpaired) electrons. The molecule has 4 heteroatoms. The molecule has 2 nitrogen and oxygen atoms in total. The van der Waals surface area contributed by atoms with E-state index in [9.17, 15) is 0 Å². The third kappa shape index (κ3) is 4.64. The summed E-state index contributed by atoms with van der Waals surface area (Å²) in [7, 11) is 0. The Balaban J connectivity index is 1.60. The van der Waals surface area contributed by atoms with Crippen molar-refractivity contribution in [3.63, 3.8) is 0 Å². The van der Waals surface area contributed by atoms with Crippen molar-refractivity contribution in [3.8, 4) is 0 Å². The summed E-state index contributed by atoms with van der Waals surface area (Å²) in [6, 6.07) is 2.77. The molecule has 0 aliphatic heterocycles. The summed E-state index contributed by atoms with van der Waals surface area (Å²) >= 11 is 7.06. The zero-order valence-electron chi connectivity index (χ0n) is 10.1. The van der Waals surface area contributed by atoms with Gasteiger partial charge in [0.15, 0.2) is 5.11 Å². The molecule has 0 bridgehead atoms. The van der Waals surface area contributed by atoms with Gasteiger partial charge in [0.2, 0.25) is 0 Å². The number of thiocarbonyl (C=S) groups is 1. The molecule has 0 unspecified atom stereocenters. The number of hydrogen-bond acceptors (Lipinski definition) is 2. The van der Waals surface area contributed by atoms with E-state index in [1.54, 1.807) is 11.3 Å². The maximum Gasteiger partial charge on any atom is 0.166 e. The maximum atomic E-state index is 5.31. The molecule has 0 saturated heterocycles. The van der Waals surface area contributed by atoms with Crippen molar-refractivity contribution >= 4 is 28.7 Å². The fourth-order valence-corrected chi connectivity index (χ4v) is 3.21. The second-order valence-electron chi connectivity index (χ2n) is 4.62. The van der Waals surface area contributed by atoms with E-state index in [-0.39, 0.29) is 0 Å². The molecule has 17 heavy (non-hydrogen) atoms. The van der Waals surface area contributed by atoms with E-state index in [1.807, 2.05) is 0 Å². The zero-order valence-corrected chi connectivity index (χ0v) is 11.7. The van der Waals surface area contributed by atoms with E-state index >= 15 is 0 Å². The number of thiophene rings is 1. The van der Waals surface area contributed by atoms with Crippen LogP contribution < -0.4 is 10.6 Å². The van der Waals surface area contributed by atoms with Gasteiger partial charge >= 0.3 is 0 Å². The van der Waals surface area contributed by atoms with Crippen molar-refractivity contribution in [2.75, 3.05) is 6.54 Å². The lowest BCUT2D eigenvalue weighted by Gasteiger charge is -2.24. The van der Waals surface area contributed by atoms with E-state index in [2.05, 4.69) is 27.5 Å². The molecule has 1 aromatic rings. The monoisotopic (exact) mass is 268 g/mol. The molecule has 1 heterocycles. The Morgan fingerprint density at radius 1 is 1.35 bits per heavy atom. The van der Waals surface area contributed by atoms with Crippen LogP contribution in [0.25, 0.3) is 0 Å². The van der Waals surface area contributed by atoms with E-state index < -0.39 is 0 Å². The third-order valence-electron chi connectivity index (χ3n) is 3.22. The first-order valence-corrected chi connectivity index (χ1v) is 7.75. The Bertz CT molecular complexity index is 329. The molecule has 2 rings (SSSR count). The number of hydrogen-bond donors (Lipinski definition) is 2. The van der Waals surface area contributed by atoms with Crippen LogP contribution in [0.15, 0.2) is 16.8 Å². The minimum absolute atomic E-state index is 0.602. The molecule has 0 amide bonds. The Labute approximate surface area is 113 Å². The standard InChI is InChI=1S/C13H20N2S2/c16-13(15-12-4-2-1-3-5-12)14-8-6-11-7-9-17-10-11/h7,9-10,12H,1-6,8H2,(H2,14,15,16). The zero-order chi connectivity index (χ0) is 11.9. The highest BCUT2D eigenvalue weighted by Gasteiger charge is 2.13. The van der Waals surface area contributed by atoms with Crippen LogP contribution >= 0.6 is 23.6 Å². The van der Waals surface area contributed by atoms with Crippen LogP contribution in [0.5, 0.6) is 0 Å². The molecule has 0 atom stereocenters. The van der Waals surface area contributed by atoms with Gasteiger partial charge in [0.05, 0.1) is 0 Å². The molecule has 0 aromatic carbocycles. The largest absolute Gasteiger partial charge is 0.362 e.